The maximum absolute atomic E-state index is 12.2. The zero-order valence-corrected chi connectivity index (χ0v) is 11.5. The normalized spacial score (nSPS) is 18.4. The molecule has 1 saturated heterocycles. The number of carbonyl (C=O) groups excluding carboxylic acids is 3. The second-order valence-corrected chi connectivity index (χ2v) is 5.34. The van der Waals surface area contributed by atoms with Crippen LogP contribution in [0.5, 0.6) is 5.75 Å². The van der Waals surface area contributed by atoms with Crippen LogP contribution >= 0.6 is 11.8 Å². The summed E-state index contributed by atoms with van der Waals surface area (Å²) in [7, 11) is 1.49. The van der Waals surface area contributed by atoms with Gasteiger partial charge in [-0.25, -0.2) is 4.90 Å². The molecule has 0 spiro atoms. The maximum Gasteiger partial charge on any atom is 0.247 e. The quantitative estimate of drug-likeness (QED) is 0.700. The Bertz CT molecular complexity index is 559. The molecule has 0 aliphatic carbocycles. The molecule has 7 heteroatoms. The number of anilines is 1. The van der Waals surface area contributed by atoms with Crippen LogP contribution in [0, 0.1) is 0 Å². The molecule has 0 saturated carbocycles. The van der Waals surface area contributed by atoms with E-state index in [0.717, 1.165) is 16.7 Å². The lowest BCUT2D eigenvalue weighted by molar-refractivity contribution is -0.301. The van der Waals surface area contributed by atoms with Crippen LogP contribution in [0.2, 0.25) is 0 Å². The smallest absolute Gasteiger partial charge is 0.247 e. The van der Waals surface area contributed by atoms with Gasteiger partial charge in [0.25, 0.3) is 0 Å². The molecule has 0 N–H and O–H groups in total. The van der Waals surface area contributed by atoms with Gasteiger partial charge in [-0.15, -0.1) is 11.8 Å². The Morgan fingerprint density at radius 3 is 2.90 bits per heavy atom. The van der Waals surface area contributed by atoms with Crippen molar-refractivity contribution in [2.75, 3.05) is 17.8 Å². The minimum atomic E-state index is -1.25. The van der Waals surface area contributed by atoms with Gasteiger partial charge >= 0.3 is 0 Å². The molecule has 1 heterocycles. The number of rotatable bonds is 5. The SMILES string of the molecule is COc1cccc(N2C(=O)C[C@H](SCC(=O)[O-])C2=O)c1. The van der Waals surface area contributed by atoms with Gasteiger partial charge in [0.05, 0.1) is 24.0 Å². The summed E-state index contributed by atoms with van der Waals surface area (Å²) in [5.74, 6) is -1.78. The number of ether oxygens (including phenoxy) is 1. The number of benzene rings is 1. The number of imide groups is 1. The van der Waals surface area contributed by atoms with E-state index in [9.17, 15) is 19.5 Å². The number of methoxy groups -OCH3 is 1. The van der Waals surface area contributed by atoms with Gasteiger partial charge in [-0.2, -0.15) is 0 Å². The van der Waals surface area contributed by atoms with Gasteiger partial charge < -0.3 is 14.6 Å². The van der Waals surface area contributed by atoms with Crippen molar-refractivity contribution in [3.05, 3.63) is 24.3 Å². The van der Waals surface area contributed by atoms with Crippen molar-refractivity contribution in [3.8, 4) is 5.75 Å². The molecule has 2 amide bonds. The van der Waals surface area contributed by atoms with Crippen LogP contribution in [0.25, 0.3) is 0 Å². The lowest BCUT2D eigenvalue weighted by Crippen LogP contribution is -2.32. The van der Waals surface area contributed by atoms with Gasteiger partial charge in [-0.05, 0) is 12.1 Å². The summed E-state index contributed by atoms with van der Waals surface area (Å²) in [6, 6.07) is 6.60. The molecule has 1 fully saturated rings. The van der Waals surface area contributed by atoms with Crippen molar-refractivity contribution in [1.29, 1.82) is 0 Å². The fourth-order valence-electron chi connectivity index (χ4n) is 1.92. The Balaban J connectivity index is 2.17. The van der Waals surface area contributed by atoms with Crippen LogP contribution in [0.4, 0.5) is 5.69 Å². The van der Waals surface area contributed by atoms with Gasteiger partial charge in [0, 0.05) is 18.2 Å². The van der Waals surface area contributed by atoms with Gasteiger partial charge in [0.1, 0.15) is 5.75 Å². The monoisotopic (exact) mass is 294 g/mol. The molecular weight excluding hydrogens is 282 g/mol. The highest BCUT2D eigenvalue weighted by atomic mass is 32.2. The predicted octanol–water partition coefficient (Wildman–Crippen LogP) is -0.190. The lowest BCUT2D eigenvalue weighted by Gasteiger charge is -2.15. The number of carboxylic acids is 1. The Morgan fingerprint density at radius 1 is 1.50 bits per heavy atom. The summed E-state index contributed by atoms with van der Waals surface area (Å²) in [4.78, 5) is 35.6. The van der Waals surface area contributed by atoms with Crippen LogP contribution in [0.1, 0.15) is 6.42 Å². The average Bonchev–Trinajstić information content (AvgIpc) is 2.71. The third-order valence-corrected chi connectivity index (χ3v) is 3.99. The van der Waals surface area contributed by atoms with E-state index < -0.39 is 17.1 Å². The van der Waals surface area contributed by atoms with E-state index in [1.807, 2.05) is 0 Å². The van der Waals surface area contributed by atoms with Crippen molar-refractivity contribution in [3.63, 3.8) is 0 Å². The summed E-state index contributed by atoms with van der Waals surface area (Å²) >= 11 is 0.907. The number of thioether (sulfide) groups is 1. The Morgan fingerprint density at radius 2 is 2.25 bits per heavy atom. The molecule has 0 aromatic heterocycles. The summed E-state index contributed by atoms with van der Waals surface area (Å²) in [6.45, 7) is 0. The predicted molar refractivity (Wildman–Crippen MR) is 71.4 cm³/mol. The fourth-order valence-corrected chi connectivity index (χ4v) is 2.77. The van der Waals surface area contributed by atoms with Gasteiger partial charge in [0.15, 0.2) is 0 Å². The minimum Gasteiger partial charge on any atom is -0.549 e. The van der Waals surface area contributed by atoms with E-state index in [-0.39, 0.29) is 18.1 Å². The average molecular weight is 294 g/mol. The molecule has 106 valence electrons. The highest BCUT2D eigenvalue weighted by Gasteiger charge is 2.39. The molecule has 1 atom stereocenters. The Hall–Kier alpha value is -2.02. The first-order valence-corrected chi connectivity index (χ1v) is 6.90. The third kappa shape index (κ3) is 2.93. The second-order valence-electron chi connectivity index (χ2n) is 4.14. The minimum absolute atomic E-state index is 0.00596. The van der Waals surface area contributed by atoms with E-state index in [1.165, 1.54) is 7.11 Å². The number of carbonyl (C=O) groups is 3. The molecule has 1 aliphatic rings. The summed E-state index contributed by atoms with van der Waals surface area (Å²) in [6.07, 6.45) is -0.00596. The molecule has 6 nitrogen and oxygen atoms in total. The number of carboxylic acid groups (broad SMARTS) is 1. The first kappa shape index (κ1) is 14.4. The molecular formula is C13H12NO5S-. The van der Waals surface area contributed by atoms with Crippen LogP contribution in [-0.4, -0.2) is 35.9 Å². The topological polar surface area (TPSA) is 86.7 Å². The number of hydrogen-bond acceptors (Lipinski definition) is 6. The van der Waals surface area contributed by atoms with Crippen molar-refractivity contribution < 1.29 is 24.2 Å². The van der Waals surface area contributed by atoms with Crippen LogP contribution in [0.15, 0.2) is 24.3 Å². The van der Waals surface area contributed by atoms with E-state index in [1.54, 1.807) is 24.3 Å². The van der Waals surface area contributed by atoms with Crippen molar-refractivity contribution >= 4 is 35.2 Å². The van der Waals surface area contributed by atoms with Crippen molar-refractivity contribution in [2.24, 2.45) is 0 Å². The third-order valence-electron chi connectivity index (χ3n) is 2.82. The summed E-state index contributed by atoms with van der Waals surface area (Å²) < 4.78 is 5.05. The van der Waals surface area contributed by atoms with Crippen molar-refractivity contribution in [1.82, 2.24) is 0 Å². The number of nitrogens with zero attached hydrogens (tertiary/aromatic N) is 1. The number of hydrogen-bond donors (Lipinski definition) is 0. The molecule has 0 bridgehead atoms. The van der Waals surface area contributed by atoms with E-state index in [0.29, 0.717) is 11.4 Å². The first-order valence-electron chi connectivity index (χ1n) is 5.85. The van der Waals surface area contributed by atoms with E-state index in [4.69, 9.17) is 4.74 Å². The zero-order chi connectivity index (χ0) is 14.7. The Kier molecular flexibility index (Phi) is 4.29. The number of amides is 2. The highest BCUT2D eigenvalue weighted by molar-refractivity contribution is 8.01. The molecule has 20 heavy (non-hydrogen) atoms. The Labute approximate surface area is 119 Å². The van der Waals surface area contributed by atoms with Crippen LogP contribution in [0.3, 0.4) is 0 Å². The molecule has 1 aromatic rings. The molecule has 1 aromatic carbocycles. The summed E-state index contributed by atoms with van der Waals surface area (Å²) in [5, 5.41) is 9.75. The maximum atomic E-state index is 12.2. The van der Waals surface area contributed by atoms with E-state index in [2.05, 4.69) is 0 Å². The van der Waals surface area contributed by atoms with Gasteiger partial charge in [-0.1, -0.05) is 6.07 Å². The van der Waals surface area contributed by atoms with Crippen LogP contribution < -0.4 is 14.7 Å². The zero-order valence-electron chi connectivity index (χ0n) is 10.7. The number of aliphatic carboxylic acids is 1. The molecule has 0 unspecified atom stereocenters. The summed E-state index contributed by atoms with van der Waals surface area (Å²) in [5.41, 5.74) is 0.427. The molecule has 0 radical (unpaired) electrons. The van der Waals surface area contributed by atoms with Gasteiger partial charge in [0.2, 0.25) is 11.8 Å². The van der Waals surface area contributed by atoms with Crippen LogP contribution in [-0.2, 0) is 14.4 Å². The van der Waals surface area contributed by atoms with E-state index >= 15 is 0 Å². The molecule has 2 rings (SSSR count). The lowest BCUT2D eigenvalue weighted by atomic mass is 10.3. The van der Waals surface area contributed by atoms with Crippen molar-refractivity contribution in [2.45, 2.75) is 11.7 Å². The fraction of sp³-hybridized carbons (Fsp3) is 0.308. The standard InChI is InChI=1S/C13H13NO5S/c1-19-9-4-2-3-8(5-9)14-11(15)6-10(13(14)18)20-7-12(16)17/h2-5,10H,6-7H2,1H3,(H,16,17)/p-1/t10-/m0/s1. The van der Waals surface area contributed by atoms with Gasteiger partial charge in [-0.3, -0.25) is 9.59 Å². The largest absolute Gasteiger partial charge is 0.549 e. The second kappa shape index (κ2) is 5.96. The first-order chi connectivity index (χ1) is 9.52. The highest BCUT2D eigenvalue weighted by Crippen LogP contribution is 2.31. The molecule has 1 aliphatic heterocycles.